The highest BCUT2D eigenvalue weighted by Gasteiger charge is 2.24. The molecule has 1 amide bonds. The van der Waals surface area contributed by atoms with Crippen LogP contribution in [0.2, 0.25) is 0 Å². The maximum absolute atomic E-state index is 11.4. The molecule has 0 bridgehead atoms. The van der Waals surface area contributed by atoms with E-state index in [4.69, 9.17) is 4.98 Å². The van der Waals surface area contributed by atoms with Gasteiger partial charge in [0.1, 0.15) is 5.82 Å². The number of hydrogen-bond donors (Lipinski definition) is 2. The van der Waals surface area contributed by atoms with E-state index in [1.807, 2.05) is 31.2 Å². The number of rotatable bonds is 7. The van der Waals surface area contributed by atoms with Crippen LogP contribution < -0.4 is 15.5 Å². The van der Waals surface area contributed by atoms with E-state index >= 15 is 0 Å². The van der Waals surface area contributed by atoms with Gasteiger partial charge in [0.25, 0.3) is 0 Å². The summed E-state index contributed by atoms with van der Waals surface area (Å²) < 4.78 is 0. The Hall–Kier alpha value is -2.85. The van der Waals surface area contributed by atoms with Crippen molar-refractivity contribution >= 4 is 35.8 Å². The van der Waals surface area contributed by atoms with Crippen LogP contribution in [0.15, 0.2) is 24.3 Å². The van der Waals surface area contributed by atoms with Gasteiger partial charge in [-0.3, -0.25) is 4.79 Å². The van der Waals surface area contributed by atoms with Crippen molar-refractivity contribution in [3.63, 3.8) is 0 Å². The molecule has 1 aromatic carbocycles. The van der Waals surface area contributed by atoms with Crippen LogP contribution >= 0.6 is 12.4 Å². The average Bonchev–Trinajstić information content (AvgIpc) is 3.15. The fourth-order valence-corrected chi connectivity index (χ4v) is 3.51. The second-order valence-electron chi connectivity index (χ2n) is 7.54. The Morgan fingerprint density at radius 2 is 2.13 bits per heavy atom. The molecule has 2 heterocycles. The number of anilines is 3. The van der Waals surface area contributed by atoms with E-state index in [-0.39, 0.29) is 24.4 Å². The van der Waals surface area contributed by atoms with Crippen LogP contribution in [0.3, 0.4) is 0 Å². The molecule has 1 fully saturated rings. The van der Waals surface area contributed by atoms with Gasteiger partial charge in [-0.2, -0.15) is 10.2 Å². The Bertz CT molecular complexity index is 926. The molecule has 1 saturated heterocycles. The van der Waals surface area contributed by atoms with Crippen LogP contribution in [0.4, 0.5) is 17.5 Å². The Balaban J connectivity index is 0.00000320. The molecule has 160 valence electrons. The first-order valence-electron chi connectivity index (χ1n) is 10.2. The molecular formula is C22H29ClN6O. The first-order chi connectivity index (χ1) is 14.0. The molecule has 8 heteroatoms. The number of nitrogens with zero attached hydrogens (tertiary/aromatic N) is 4. The van der Waals surface area contributed by atoms with Gasteiger partial charge in [0.05, 0.1) is 11.6 Å². The number of nitriles is 1. The fourth-order valence-electron chi connectivity index (χ4n) is 3.51. The van der Waals surface area contributed by atoms with Crippen molar-refractivity contribution in [1.82, 2.24) is 15.3 Å². The zero-order chi connectivity index (χ0) is 20.8. The number of amides is 1. The first-order valence-corrected chi connectivity index (χ1v) is 10.2. The smallest absolute Gasteiger partial charge is 0.229 e. The van der Waals surface area contributed by atoms with Gasteiger partial charge in [-0.15, -0.1) is 12.4 Å². The number of benzene rings is 1. The lowest BCUT2D eigenvalue weighted by molar-refractivity contribution is -0.119. The van der Waals surface area contributed by atoms with E-state index in [2.05, 4.69) is 33.5 Å². The molecule has 1 aliphatic heterocycles. The molecule has 7 nitrogen and oxygen atoms in total. The largest absolute Gasteiger partial charge is 0.354 e. The molecule has 0 spiro atoms. The predicted molar refractivity (Wildman–Crippen MR) is 122 cm³/mol. The van der Waals surface area contributed by atoms with E-state index in [1.165, 1.54) is 0 Å². The summed E-state index contributed by atoms with van der Waals surface area (Å²) in [5.41, 5.74) is 3.37. The quantitative estimate of drug-likeness (QED) is 0.695. The summed E-state index contributed by atoms with van der Waals surface area (Å²) in [5.74, 6) is 1.40. The van der Waals surface area contributed by atoms with E-state index < -0.39 is 0 Å². The van der Waals surface area contributed by atoms with Crippen molar-refractivity contribution in [3.8, 4) is 6.07 Å². The number of hydrogen-bond acceptors (Lipinski definition) is 6. The lowest BCUT2D eigenvalue weighted by Gasteiger charge is -2.19. The van der Waals surface area contributed by atoms with Crippen molar-refractivity contribution in [2.75, 3.05) is 23.3 Å². The van der Waals surface area contributed by atoms with E-state index in [0.717, 1.165) is 61.5 Å². The van der Waals surface area contributed by atoms with E-state index in [9.17, 15) is 10.1 Å². The minimum absolute atomic E-state index is 0. The second kappa shape index (κ2) is 10.8. The summed E-state index contributed by atoms with van der Waals surface area (Å²) in [6.45, 7) is 7.22. The number of halogens is 1. The van der Waals surface area contributed by atoms with Crippen molar-refractivity contribution in [1.29, 1.82) is 5.26 Å². The Morgan fingerprint density at radius 3 is 2.83 bits per heavy atom. The molecule has 0 saturated carbocycles. The van der Waals surface area contributed by atoms with Crippen molar-refractivity contribution in [2.24, 2.45) is 0 Å². The minimum Gasteiger partial charge on any atom is -0.354 e. The normalized spacial score (nSPS) is 15.3. The fraction of sp³-hybridized carbons (Fsp3) is 0.455. The highest BCUT2D eigenvalue weighted by atomic mass is 35.5. The summed E-state index contributed by atoms with van der Waals surface area (Å²) >= 11 is 0. The number of carbonyl (C=O) groups excluding carboxylic acids is 1. The van der Waals surface area contributed by atoms with Gasteiger partial charge in [-0.05, 0) is 43.9 Å². The zero-order valence-electron chi connectivity index (χ0n) is 17.7. The predicted octanol–water partition coefficient (Wildman–Crippen LogP) is 3.88. The highest BCUT2D eigenvalue weighted by Crippen LogP contribution is 2.24. The lowest BCUT2D eigenvalue weighted by Crippen LogP contribution is -2.35. The van der Waals surface area contributed by atoms with Gasteiger partial charge < -0.3 is 15.5 Å². The van der Waals surface area contributed by atoms with Crippen LogP contribution in [-0.2, 0) is 11.2 Å². The molecule has 1 aliphatic rings. The van der Waals surface area contributed by atoms with Crippen molar-refractivity contribution in [3.05, 3.63) is 41.1 Å². The maximum atomic E-state index is 11.4. The Labute approximate surface area is 184 Å². The molecule has 0 unspecified atom stereocenters. The van der Waals surface area contributed by atoms with Gasteiger partial charge >= 0.3 is 0 Å². The number of aryl methyl sites for hydroxylation is 2. The third-order valence-electron chi connectivity index (χ3n) is 5.09. The summed E-state index contributed by atoms with van der Waals surface area (Å²) in [6.07, 6.45) is 3.95. The Kier molecular flexibility index (Phi) is 8.43. The summed E-state index contributed by atoms with van der Waals surface area (Å²) in [6, 6.07) is 10.1. The number of unbranched alkanes of at least 4 members (excludes halogenated alkanes) is 1. The third-order valence-corrected chi connectivity index (χ3v) is 5.09. The average molecular weight is 429 g/mol. The minimum atomic E-state index is -0.00167. The number of carbonyl (C=O) groups is 1. The molecule has 3 rings (SSSR count). The highest BCUT2D eigenvalue weighted by molar-refractivity contribution is 5.85. The SMILES string of the molecule is CCCCc1cc(N2CC[C@H](NC(C)=O)C2)nc(Nc2ccc(C)c(C#N)c2)n1.Cl. The van der Waals surface area contributed by atoms with Crippen LogP contribution in [0, 0.1) is 18.3 Å². The molecule has 0 aliphatic carbocycles. The van der Waals surface area contributed by atoms with Crippen LogP contribution in [0.5, 0.6) is 0 Å². The molecule has 30 heavy (non-hydrogen) atoms. The third kappa shape index (κ3) is 6.07. The first kappa shape index (κ1) is 23.4. The van der Waals surface area contributed by atoms with Crippen LogP contribution in [0.1, 0.15) is 49.9 Å². The maximum Gasteiger partial charge on any atom is 0.229 e. The number of aromatic nitrogens is 2. The topological polar surface area (TPSA) is 93.9 Å². The Morgan fingerprint density at radius 1 is 1.33 bits per heavy atom. The standard InChI is InChI=1S/C22H28N6O.ClH/c1-4-5-6-18-12-21(28-10-9-20(14-28)24-16(3)29)27-22(25-18)26-19-8-7-15(2)17(11-19)13-23;/h7-8,11-12,20H,4-6,9-10,14H2,1-3H3,(H,24,29)(H,25,26,27);1H/t20-;/m0./s1. The van der Waals surface area contributed by atoms with E-state index in [1.54, 1.807) is 6.92 Å². The van der Waals surface area contributed by atoms with Gasteiger partial charge in [0, 0.05) is 43.5 Å². The number of nitrogens with one attached hydrogen (secondary N) is 2. The summed E-state index contributed by atoms with van der Waals surface area (Å²) in [7, 11) is 0. The van der Waals surface area contributed by atoms with Gasteiger partial charge in [0.15, 0.2) is 0 Å². The van der Waals surface area contributed by atoms with Gasteiger partial charge in [-0.25, -0.2) is 4.98 Å². The van der Waals surface area contributed by atoms with Gasteiger partial charge in [-0.1, -0.05) is 19.4 Å². The van der Waals surface area contributed by atoms with Crippen molar-refractivity contribution < 1.29 is 4.79 Å². The van der Waals surface area contributed by atoms with Crippen LogP contribution in [0.25, 0.3) is 0 Å². The lowest BCUT2D eigenvalue weighted by atomic mass is 10.1. The summed E-state index contributed by atoms with van der Waals surface area (Å²) in [5, 5.41) is 15.5. The molecule has 2 aromatic rings. The van der Waals surface area contributed by atoms with E-state index in [0.29, 0.717) is 11.5 Å². The van der Waals surface area contributed by atoms with Crippen molar-refractivity contribution in [2.45, 2.75) is 52.5 Å². The zero-order valence-corrected chi connectivity index (χ0v) is 18.6. The molecule has 2 N–H and O–H groups in total. The monoisotopic (exact) mass is 428 g/mol. The second-order valence-corrected chi connectivity index (χ2v) is 7.54. The van der Waals surface area contributed by atoms with Crippen LogP contribution in [-0.4, -0.2) is 35.0 Å². The van der Waals surface area contributed by atoms with Gasteiger partial charge in [0.2, 0.25) is 11.9 Å². The molecule has 1 aromatic heterocycles. The molecule has 0 radical (unpaired) electrons. The molecule has 1 atom stereocenters. The molecular weight excluding hydrogens is 400 g/mol. The summed E-state index contributed by atoms with van der Waals surface area (Å²) in [4.78, 5) is 23.0.